The minimum absolute atomic E-state index is 0.0356. The first-order valence-electron chi connectivity index (χ1n) is 12.3. The monoisotopic (exact) mass is 592 g/mol. The van der Waals surface area contributed by atoms with E-state index in [-0.39, 0.29) is 34.2 Å². The number of aromatic hydroxyl groups is 3. The molecule has 15 nitrogen and oxygen atoms in total. The molecule has 1 aliphatic rings. The molecule has 1 fully saturated rings. The van der Waals surface area contributed by atoms with Gasteiger partial charge in [-0.05, 0) is 12.1 Å². The second kappa shape index (κ2) is 12.0. The minimum Gasteiger partial charge on any atom is -0.508 e. The quantitative estimate of drug-likeness (QED) is 0.229. The van der Waals surface area contributed by atoms with Crippen molar-refractivity contribution in [3.63, 3.8) is 0 Å². The van der Waals surface area contributed by atoms with Crippen LogP contribution >= 0.6 is 0 Å². The van der Waals surface area contributed by atoms with Crippen molar-refractivity contribution in [2.24, 2.45) is 0 Å². The number of phenolic OH excluding ortho intramolecular Hbond substituents is 3. The molecule has 15 heteroatoms. The Labute approximate surface area is 236 Å². The first-order valence-corrected chi connectivity index (χ1v) is 12.3. The molecular weight excluding hydrogens is 564 g/mol. The van der Waals surface area contributed by atoms with Crippen LogP contribution in [0.1, 0.15) is 13.8 Å². The van der Waals surface area contributed by atoms with Gasteiger partial charge in [0, 0.05) is 31.5 Å². The SMILES string of the molecule is COc1cc(-c2oc3cc(O)cc(O)c3c(=O)c2O[C@@H]2O[C@H](CO)[C@@H](O)C(OC(C)=O)C2OC(C)=O)cc(OC)c1O. The molecule has 2 aromatic carbocycles. The van der Waals surface area contributed by atoms with E-state index in [1.54, 1.807) is 0 Å². The highest BCUT2D eigenvalue weighted by molar-refractivity contribution is 5.88. The Morgan fingerprint density at radius 3 is 2.07 bits per heavy atom. The van der Waals surface area contributed by atoms with Gasteiger partial charge < -0.3 is 58.4 Å². The molecule has 0 aliphatic carbocycles. The van der Waals surface area contributed by atoms with Crippen LogP contribution in [0.4, 0.5) is 0 Å². The number of carbonyl (C=O) groups excluding carboxylic acids is 2. The van der Waals surface area contributed by atoms with E-state index in [0.717, 1.165) is 26.0 Å². The van der Waals surface area contributed by atoms with E-state index < -0.39 is 77.3 Å². The third-order valence-corrected chi connectivity index (χ3v) is 6.30. The lowest BCUT2D eigenvalue weighted by molar-refractivity contribution is -0.285. The molecule has 0 saturated carbocycles. The Morgan fingerprint density at radius 1 is 0.929 bits per heavy atom. The van der Waals surface area contributed by atoms with E-state index in [1.807, 2.05) is 0 Å². The predicted octanol–water partition coefficient (Wildman–Crippen LogP) is 0.914. The summed E-state index contributed by atoms with van der Waals surface area (Å²) in [5, 5.41) is 51.0. The number of hydrogen-bond donors (Lipinski definition) is 5. The van der Waals surface area contributed by atoms with Crippen LogP contribution in [-0.2, 0) is 23.8 Å². The van der Waals surface area contributed by atoms with Crippen LogP contribution in [0.5, 0.6) is 34.5 Å². The number of phenols is 3. The molecule has 4 rings (SSSR count). The number of ether oxygens (including phenoxy) is 6. The number of esters is 2. The number of rotatable bonds is 8. The van der Waals surface area contributed by atoms with Crippen molar-refractivity contribution in [1.82, 2.24) is 0 Å². The summed E-state index contributed by atoms with van der Waals surface area (Å²) >= 11 is 0. The van der Waals surface area contributed by atoms with Crippen molar-refractivity contribution >= 4 is 22.9 Å². The minimum atomic E-state index is -1.79. The number of methoxy groups -OCH3 is 2. The normalized spacial score (nSPS) is 21.9. The predicted molar refractivity (Wildman–Crippen MR) is 140 cm³/mol. The maximum absolute atomic E-state index is 13.8. The van der Waals surface area contributed by atoms with Gasteiger partial charge in [-0.25, -0.2) is 0 Å². The summed E-state index contributed by atoms with van der Waals surface area (Å²) < 4.78 is 38.3. The van der Waals surface area contributed by atoms with Crippen LogP contribution in [0.2, 0.25) is 0 Å². The molecule has 5 atom stereocenters. The second-order valence-electron chi connectivity index (χ2n) is 9.14. The van der Waals surface area contributed by atoms with Gasteiger partial charge in [-0.3, -0.25) is 14.4 Å². The lowest BCUT2D eigenvalue weighted by atomic mass is 9.98. The van der Waals surface area contributed by atoms with Crippen LogP contribution in [0.25, 0.3) is 22.3 Å². The molecule has 0 radical (unpaired) electrons. The van der Waals surface area contributed by atoms with Gasteiger partial charge in [-0.2, -0.15) is 0 Å². The molecule has 2 heterocycles. The van der Waals surface area contributed by atoms with Crippen LogP contribution in [0, 0.1) is 0 Å². The van der Waals surface area contributed by atoms with Crippen LogP contribution in [-0.4, -0.2) is 89.0 Å². The molecular formula is C27H28O15. The summed E-state index contributed by atoms with van der Waals surface area (Å²) in [6.45, 7) is 1.27. The van der Waals surface area contributed by atoms with Crippen molar-refractivity contribution in [3.8, 4) is 45.8 Å². The first-order chi connectivity index (χ1) is 19.9. The van der Waals surface area contributed by atoms with Crippen molar-refractivity contribution in [2.75, 3.05) is 20.8 Å². The highest BCUT2D eigenvalue weighted by Crippen LogP contribution is 2.44. The van der Waals surface area contributed by atoms with E-state index in [2.05, 4.69) is 0 Å². The Balaban J connectivity index is 1.98. The molecule has 42 heavy (non-hydrogen) atoms. The van der Waals surface area contributed by atoms with Crippen molar-refractivity contribution in [2.45, 2.75) is 44.6 Å². The smallest absolute Gasteiger partial charge is 0.303 e. The molecule has 1 aromatic heterocycles. The number of aliphatic hydroxyl groups is 2. The molecule has 0 bridgehead atoms. The highest BCUT2D eigenvalue weighted by Gasteiger charge is 2.51. The lowest BCUT2D eigenvalue weighted by Crippen LogP contribution is -2.62. The van der Waals surface area contributed by atoms with Crippen LogP contribution in [0.15, 0.2) is 33.5 Å². The van der Waals surface area contributed by atoms with Gasteiger partial charge in [0.1, 0.15) is 34.7 Å². The van der Waals surface area contributed by atoms with E-state index in [0.29, 0.717) is 0 Å². The highest BCUT2D eigenvalue weighted by atomic mass is 16.7. The maximum atomic E-state index is 13.8. The average molecular weight is 593 g/mol. The van der Waals surface area contributed by atoms with Crippen molar-refractivity contribution in [1.29, 1.82) is 0 Å². The van der Waals surface area contributed by atoms with E-state index >= 15 is 0 Å². The Hall–Kier alpha value is -4.73. The Kier molecular flexibility index (Phi) is 8.65. The van der Waals surface area contributed by atoms with E-state index in [1.165, 1.54) is 26.4 Å². The Morgan fingerprint density at radius 2 is 1.52 bits per heavy atom. The van der Waals surface area contributed by atoms with Gasteiger partial charge in [0.2, 0.25) is 29.3 Å². The molecule has 0 spiro atoms. The zero-order valence-corrected chi connectivity index (χ0v) is 22.7. The molecule has 1 aliphatic heterocycles. The lowest BCUT2D eigenvalue weighted by Gasteiger charge is -2.42. The van der Waals surface area contributed by atoms with Gasteiger partial charge in [0.15, 0.2) is 23.4 Å². The summed E-state index contributed by atoms with van der Waals surface area (Å²) in [6.07, 6.45) is -8.16. The van der Waals surface area contributed by atoms with Gasteiger partial charge in [0.25, 0.3) is 0 Å². The maximum Gasteiger partial charge on any atom is 0.303 e. The number of benzene rings is 2. The van der Waals surface area contributed by atoms with Gasteiger partial charge in [-0.15, -0.1) is 0 Å². The standard InChI is InChI=1S/C27H28O15/c1-10(29)38-24-21(34)18(9-28)41-27(26(24)39-11(2)30)42-25-22(35)19-14(32)7-13(31)8-15(19)40-23(25)12-5-16(36-3)20(33)17(6-12)37-4/h5-8,18,21,24,26-28,31-34H,9H2,1-4H3/t18-,21-,24?,26?,27+/m1/s1. The second-order valence-corrected chi connectivity index (χ2v) is 9.14. The van der Waals surface area contributed by atoms with Gasteiger partial charge >= 0.3 is 11.9 Å². The summed E-state index contributed by atoms with van der Waals surface area (Å²) in [5.41, 5.74) is -1.22. The molecule has 226 valence electrons. The van der Waals surface area contributed by atoms with Crippen LogP contribution < -0.4 is 19.6 Å². The molecule has 1 saturated heterocycles. The van der Waals surface area contributed by atoms with Gasteiger partial charge in [-0.1, -0.05) is 0 Å². The fourth-order valence-electron chi connectivity index (χ4n) is 4.49. The molecule has 2 unspecified atom stereocenters. The molecule has 0 amide bonds. The van der Waals surface area contributed by atoms with Crippen molar-refractivity contribution < 1.29 is 68.0 Å². The summed E-state index contributed by atoms with van der Waals surface area (Å²) in [5.74, 6) is -4.42. The third-order valence-electron chi connectivity index (χ3n) is 6.30. The summed E-state index contributed by atoms with van der Waals surface area (Å²) in [7, 11) is 2.52. The topological polar surface area (TPSA) is 221 Å². The molecule has 5 N–H and O–H groups in total. The number of fused-ring (bicyclic) bond motifs is 1. The largest absolute Gasteiger partial charge is 0.508 e. The fourth-order valence-corrected chi connectivity index (χ4v) is 4.49. The van der Waals surface area contributed by atoms with Crippen molar-refractivity contribution in [3.05, 3.63) is 34.5 Å². The average Bonchev–Trinajstić information content (AvgIpc) is 2.92. The summed E-state index contributed by atoms with van der Waals surface area (Å²) in [6, 6.07) is 4.49. The Bertz CT molecular complexity index is 1540. The number of aliphatic hydroxyl groups excluding tert-OH is 2. The fraction of sp³-hybridized carbons (Fsp3) is 0.370. The van der Waals surface area contributed by atoms with Crippen LogP contribution in [0.3, 0.4) is 0 Å². The van der Waals surface area contributed by atoms with Gasteiger partial charge in [0.05, 0.1) is 20.8 Å². The zero-order valence-electron chi connectivity index (χ0n) is 22.7. The number of carbonyl (C=O) groups is 2. The number of hydrogen-bond acceptors (Lipinski definition) is 15. The summed E-state index contributed by atoms with van der Waals surface area (Å²) in [4.78, 5) is 37.6. The van der Waals surface area contributed by atoms with E-state index in [9.17, 15) is 39.9 Å². The first kappa shape index (κ1) is 30.2. The zero-order chi connectivity index (χ0) is 30.9. The van der Waals surface area contributed by atoms with E-state index in [4.69, 9.17) is 32.8 Å². The molecule has 3 aromatic rings. The third kappa shape index (κ3) is 5.70.